The van der Waals surface area contributed by atoms with E-state index < -0.39 is 10.8 Å². The third-order valence-corrected chi connectivity index (χ3v) is 7.84. The first-order chi connectivity index (χ1) is 20.6. The van der Waals surface area contributed by atoms with E-state index in [4.69, 9.17) is 0 Å². The SMILES string of the molecule is CC(C)(c1ccc(N=C=O)cc1)c1ccc(N=C=O)c(Cc2cc(C(C)(C)c3ccc(N=C=O)cc3)ccc2N=C=O)c1. The molecule has 4 rings (SSSR count). The number of nitrogens with zero attached hydrogens (tertiary/aromatic N) is 4. The lowest BCUT2D eigenvalue weighted by Crippen LogP contribution is -2.19. The van der Waals surface area contributed by atoms with E-state index in [1.165, 1.54) is 0 Å². The molecule has 0 saturated heterocycles. The van der Waals surface area contributed by atoms with Gasteiger partial charge in [0.15, 0.2) is 0 Å². The molecular weight excluding hydrogens is 540 g/mol. The second kappa shape index (κ2) is 12.9. The molecule has 8 heteroatoms. The van der Waals surface area contributed by atoms with Crippen molar-refractivity contribution in [1.29, 1.82) is 0 Å². The van der Waals surface area contributed by atoms with Crippen LogP contribution in [0.25, 0.3) is 0 Å². The topological polar surface area (TPSA) is 118 Å². The summed E-state index contributed by atoms with van der Waals surface area (Å²) in [6, 6.07) is 26.0. The van der Waals surface area contributed by atoms with Crippen LogP contribution in [-0.2, 0) is 36.4 Å². The first-order valence-corrected chi connectivity index (χ1v) is 13.4. The van der Waals surface area contributed by atoms with Gasteiger partial charge >= 0.3 is 0 Å². The number of aliphatic imine (C=N–C) groups is 4. The minimum atomic E-state index is -0.449. The fraction of sp³-hybridized carbons (Fsp3) is 0.200. The third kappa shape index (κ3) is 6.66. The van der Waals surface area contributed by atoms with E-state index in [1.807, 2.05) is 48.5 Å². The van der Waals surface area contributed by atoms with Gasteiger partial charge in [-0.2, -0.15) is 20.0 Å². The molecule has 0 aliphatic heterocycles. The molecule has 0 amide bonds. The summed E-state index contributed by atoms with van der Waals surface area (Å²) in [5.41, 5.74) is 6.49. The Balaban J connectivity index is 1.79. The molecule has 0 aromatic heterocycles. The van der Waals surface area contributed by atoms with Crippen LogP contribution in [0.2, 0.25) is 0 Å². The Morgan fingerprint density at radius 2 is 0.791 bits per heavy atom. The van der Waals surface area contributed by atoms with Crippen LogP contribution in [0.3, 0.4) is 0 Å². The third-order valence-electron chi connectivity index (χ3n) is 7.84. The van der Waals surface area contributed by atoms with Crippen molar-refractivity contribution < 1.29 is 19.2 Å². The highest BCUT2D eigenvalue weighted by Crippen LogP contribution is 2.38. The predicted octanol–water partition coefficient (Wildman–Crippen LogP) is 7.80. The Labute approximate surface area is 249 Å². The predicted molar refractivity (Wildman–Crippen MR) is 164 cm³/mol. The van der Waals surface area contributed by atoms with Crippen LogP contribution in [-0.4, -0.2) is 24.3 Å². The number of isocyanates is 4. The number of hydrogen-bond acceptors (Lipinski definition) is 8. The smallest absolute Gasteiger partial charge is 0.211 e. The molecule has 8 nitrogen and oxygen atoms in total. The maximum atomic E-state index is 11.3. The van der Waals surface area contributed by atoms with E-state index in [-0.39, 0.29) is 0 Å². The van der Waals surface area contributed by atoms with Gasteiger partial charge in [-0.05, 0) is 69.8 Å². The van der Waals surface area contributed by atoms with Crippen molar-refractivity contribution in [2.45, 2.75) is 44.9 Å². The lowest BCUT2D eigenvalue weighted by Gasteiger charge is -2.28. The van der Waals surface area contributed by atoms with Crippen molar-refractivity contribution in [3.63, 3.8) is 0 Å². The van der Waals surface area contributed by atoms with E-state index in [0.29, 0.717) is 29.2 Å². The summed E-state index contributed by atoms with van der Waals surface area (Å²) in [5.74, 6) is 0. The van der Waals surface area contributed by atoms with Crippen LogP contribution in [0, 0.1) is 0 Å². The zero-order chi connectivity index (χ0) is 31.0. The highest BCUT2D eigenvalue weighted by molar-refractivity contribution is 5.62. The molecule has 0 N–H and O–H groups in total. The van der Waals surface area contributed by atoms with Crippen LogP contribution in [0.15, 0.2) is 105 Å². The van der Waals surface area contributed by atoms with Crippen molar-refractivity contribution in [3.8, 4) is 0 Å². The van der Waals surface area contributed by atoms with Gasteiger partial charge in [0.05, 0.1) is 22.7 Å². The monoisotopic (exact) mass is 568 g/mol. The van der Waals surface area contributed by atoms with Crippen molar-refractivity contribution in [3.05, 3.63) is 118 Å². The second-order valence-corrected chi connectivity index (χ2v) is 11.0. The maximum absolute atomic E-state index is 11.3. The van der Waals surface area contributed by atoms with Crippen molar-refractivity contribution in [2.75, 3.05) is 0 Å². The summed E-state index contributed by atoms with van der Waals surface area (Å²) in [7, 11) is 0. The average molecular weight is 569 g/mol. The van der Waals surface area contributed by atoms with Gasteiger partial charge < -0.3 is 0 Å². The number of benzene rings is 4. The Kier molecular flexibility index (Phi) is 9.13. The minimum absolute atomic E-state index is 0.328. The van der Waals surface area contributed by atoms with Gasteiger partial charge in [-0.15, -0.1) is 0 Å². The molecular formula is C35H28N4O4. The van der Waals surface area contributed by atoms with Gasteiger partial charge in [-0.3, -0.25) is 0 Å². The fourth-order valence-corrected chi connectivity index (χ4v) is 5.10. The average Bonchev–Trinajstić information content (AvgIpc) is 3.00. The molecule has 43 heavy (non-hydrogen) atoms. The van der Waals surface area contributed by atoms with E-state index in [1.54, 1.807) is 60.7 Å². The lowest BCUT2D eigenvalue weighted by atomic mass is 9.76. The quantitative estimate of drug-likeness (QED) is 0.143. The number of hydrogen-bond donors (Lipinski definition) is 0. The van der Waals surface area contributed by atoms with Gasteiger partial charge in [-0.1, -0.05) is 76.2 Å². The van der Waals surface area contributed by atoms with Crippen molar-refractivity contribution >= 4 is 47.1 Å². The highest BCUT2D eigenvalue weighted by Gasteiger charge is 2.26. The van der Waals surface area contributed by atoms with Gasteiger partial charge in [0.2, 0.25) is 24.3 Å². The highest BCUT2D eigenvalue weighted by atomic mass is 16.1. The van der Waals surface area contributed by atoms with Crippen molar-refractivity contribution in [2.24, 2.45) is 20.0 Å². The largest absolute Gasteiger partial charge is 0.240 e. The van der Waals surface area contributed by atoms with E-state index in [2.05, 4.69) is 47.7 Å². The Bertz CT molecular complexity index is 1710. The van der Waals surface area contributed by atoms with E-state index in [9.17, 15) is 19.2 Å². The normalized spacial score (nSPS) is 10.9. The number of rotatable bonds is 10. The molecule has 0 spiro atoms. The molecule has 4 aromatic carbocycles. The molecule has 0 bridgehead atoms. The zero-order valence-corrected chi connectivity index (χ0v) is 24.2. The molecule has 212 valence electrons. The van der Waals surface area contributed by atoms with Crippen LogP contribution in [0.1, 0.15) is 61.1 Å². The molecule has 0 fully saturated rings. The van der Waals surface area contributed by atoms with Gasteiger partial charge in [0.1, 0.15) is 0 Å². The minimum Gasteiger partial charge on any atom is -0.211 e. The maximum Gasteiger partial charge on any atom is 0.240 e. The molecule has 0 heterocycles. The second-order valence-electron chi connectivity index (χ2n) is 11.0. The van der Waals surface area contributed by atoms with Crippen molar-refractivity contribution in [1.82, 2.24) is 0 Å². The lowest BCUT2D eigenvalue weighted by molar-refractivity contribution is 0.564. The Morgan fingerprint density at radius 3 is 1.12 bits per heavy atom. The standard InChI is InChI=1S/C35H28N4O4/c1-34(2,26-5-11-30(12-6-26)36-20-40)28-9-15-32(38-22-42)24(18-28)17-25-19-29(10-16-33(25)39-23-43)35(3,4)27-7-13-31(14-8-27)37-21-41/h5-16,18-19H,17H2,1-4H3. The number of carbonyl (C=O) groups excluding carboxylic acids is 4. The van der Waals surface area contributed by atoms with Crippen LogP contribution < -0.4 is 0 Å². The summed E-state index contributed by atoms with van der Waals surface area (Å²) in [5, 5.41) is 0. The van der Waals surface area contributed by atoms with Gasteiger partial charge in [0.25, 0.3) is 0 Å². The van der Waals surface area contributed by atoms with Gasteiger partial charge in [0, 0.05) is 17.3 Å². The molecule has 0 aliphatic rings. The molecule has 0 saturated carbocycles. The summed E-state index contributed by atoms with van der Waals surface area (Å²) < 4.78 is 0. The first-order valence-electron chi connectivity index (χ1n) is 13.4. The van der Waals surface area contributed by atoms with Gasteiger partial charge in [-0.25, -0.2) is 19.2 Å². The summed E-state index contributed by atoms with van der Waals surface area (Å²) in [6.45, 7) is 8.29. The van der Waals surface area contributed by atoms with E-state index in [0.717, 1.165) is 33.4 Å². The molecule has 0 unspecified atom stereocenters. The van der Waals surface area contributed by atoms with Crippen LogP contribution >= 0.6 is 0 Å². The Hall–Kier alpha value is -5.60. The zero-order valence-electron chi connectivity index (χ0n) is 24.2. The Morgan fingerprint density at radius 1 is 0.465 bits per heavy atom. The summed E-state index contributed by atoms with van der Waals surface area (Å²) >= 11 is 0. The summed E-state index contributed by atoms with van der Waals surface area (Å²) in [4.78, 5) is 59.1. The van der Waals surface area contributed by atoms with Crippen LogP contribution in [0.4, 0.5) is 22.7 Å². The summed E-state index contributed by atoms with van der Waals surface area (Å²) in [6.07, 6.45) is 6.72. The molecule has 0 atom stereocenters. The first kappa shape index (κ1) is 30.4. The van der Waals surface area contributed by atoms with Crippen LogP contribution in [0.5, 0.6) is 0 Å². The fourth-order valence-electron chi connectivity index (χ4n) is 5.10. The molecule has 0 radical (unpaired) electrons. The van der Waals surface area contributed by atoms with E-state index >= 15 is 0 Å². The molecule has 4 aromatic rings. The molecule has 0 aliphatic carbocycles.